The van der Waals surface area contributed by atoms with Gasteiger partial charge in [0.05, 0.1) is 11.3 Å². The summed E-state index contributed by atoms with van der Waals surface area (Å²) < 4.78 is 41.1. The number of anilines is 4. The van der Waals surface area contributed by atoms with Gasteiger partial charge in [-0.05, 0) is 78.4 Å². The molecule has 0 aliphatic heterocycles. The first kappa shape index (κ1) is 25.4. The molecule has 10 heteroatoms. The number of para-hydroxylation sites is 1. The molecule has 188 valence electrons. The number of nitrogens with two attached hydrogens (primary N) is 1. The topological polar surface area (TPSA) is 130 Å². The fourth-order valence-electron chi connectivity index (χ4n) is 3.48. The van der Waals surface area contributed by atoms with Crippen molar-refractivity contribution in [2.45, 2.75) is 11.3 Å². The molecule has 0 radical (unpaired) electrons. The van der Waals surface area contributed by atoms with Crippen LogP contribution >= 0.6 is 0 Å². The number of rotatable bonds is 8. The van der Waals surface area contributed by atoms with Crippen LogP contribution in [0.2, 0.25) is 0 Å². The molecule has 0 spiro atoms. The molecule has 8 nitrogen and oxygen atoms in total. The normalized spacial score (nSPS) is 10.9. The van der Waals surface area contributed by atoms with E-state index in [1.54, 1.807) is 48.5 Å². The third kappa shape index (κ3) is 6.71. The van der Waals surface area contributed by atoms with E-state index in [2.05, 4.69) is 15.4 Å². The Balaban J connectivity index is 1.39. The van der Waals surface area contributed by atoms with Gasteiger partial charge >= 0.3 is 0 Å². The first-order valence-electron chi connectivity index (χ1n) is 11.1. The molecule has 0 aliphatic carbocycles. The van der Waals surface area contributed by atoms with Crippen LogP contribution in [0.5, 0.6) is 0 Å². The first-order chi connectivity index (χ1) is 17.7. The van der Waals surface area contributed by atoms with Gasteiger partial charge in [0.15, 0.2) is 0 Å². The van der Waals surface area contributed by atoms with Crippen LogP contribution in [-0.2, 0) is 21.2 Å². The fraction of sp³-hybridized carbons (Fsp3) is 0.0370. The van der Waals surface area contributed by atoms with E-state index in [0.29, 0.717) is 28.3 Å². The summed E-state index contributed by atoms with van der Waals surface area (Å²) in [5.41, 5.74) is 7.93. The number of carbonyl (C=O) groups is 2. The zero-order chi connectivity index (χ0) is 26.4. The van der Waals surface area contributed by atoms with Crippen LogP contribution < -0.4 is 21.1 Å². The summed E-state index contributed by atoms with van der Waals surface area (Å²) in [5, 5.41) is 5.37. The molecule has 4 aromatic carbocycles. The highest BCUT2D eigenvalue weighted by molar-refractivity contribution is 7.92. The van der Waals surface area contributed by atoms with E-state index in [9.17, 15) is 22.4 Å². The predicted molar refractivity (Wildman–Crippen MR) is 141 cm³/mol. The van der Waals surface area contributed by atoms with Crippen LogP contribution in [0.4, 0.5) is 27.1 Å². The average Bonchev–Trinajstić information content (AvgIpc) is 2.87. The number of carbonyl (C=O) groups excluding carboxylic acids is 2. The van der Waals surface area contributed by atoms with Crippen molar-refractivity contribution in [1.29, 1.82) is 0 Å². The second kappa shape index (κ2) is 10.9. The number of sulfonamides is 1. The molecule has 0 unspecified atom stereocenters. The highest BCUT2D eigenvalue weighted by atomic mass is 32.2. The van der Waals surface area contributed by atoms with Crippen molar-refractivity contribution in [2.24, 2.45) is 0 Å². The molecule has 0 heterocycles. The summed E-state index contributed by atoms with van der Waals surface area (Å²) in [6, 6.07) is 24.3. The summed E-state index contributed by atoms with van der Waals surface area (Å²) in [6.07, 6.45) is -0.131. The minimum absolute atomic E-state index is 0.0398. The Morgan fingerprint density at radius 3 is 2.19 bits per heavy atom. The average molecular weight is 519 g/mol. The van der Waals surface area contributed by atoms with Crippen molar-refractivity contribution < 1.29 is 22.4 Å². The molecule has 0 atom stereocenters. The Morgan fingerprint density at radius 1 is 0.757 bits per heavy atom. The molecule has 0 aromatic heterocycles. The zero-order valence-electron chi connectivity index (χ0n) is 19.4. The highest BCUT2D eigenvalue weighted by Gasteiger charge is 2.15. The molecule has 2 amide bonds. The third-order valence-corrected chi connectivity index (χ3v) is 6.71. The van der Waals surface area contributed by atoms with Gasteiger partial charge in [-0.3, -0.25) is 14.3 Å². The van der Waals surface area contributed by atoms with E-state index >= 15 is 0 Å². The Labute approximate surface area is 213 Å². The van der Waals surface area contributed by atoms with Gasteiger partial charge in [0.1, 0.15) is 5.82 Å². The largest absolute Gasteiger partial charge is 0.398 e. The smallest absolute Gasteiger partial charge is 0.261 e. The number of hydrogen-bond donors (Lipinski definition) is 4. The standard InChI is InChI=1S/C27H23FN4O4S/c28-20-9-14-25(29)19(15-20)17-26(33)30-23-8-4-5-18(16-23)27(34)31-21-10-12-24(13-11-21)37(35,36)32-22-6-2-1-3-7-22/h1-16,32H,17,29H2,(H,30,33)(H,31,34). The van der Waals surface area contributed by atoms with E-state index in [4.69, 9.17) is 5.73 Å². The van der Waals surface area contributed by atoms with Crippen LogP contribution in [0, 0.1) is 5.82 Å². The number of nitrogens with one attached hydrogen (secondary N) is 3. The number of benzene rings is 4. The summed E-state index contributed by atoms with van der Waals surface area (Å²) >= 11 is 0. The minimum Gasteiger partial charge on any atom is -0.398 e. The van der Waals surface area contributed by atoms with E-state index in [1.165, 1.54) is 48.5 Å². The van der Waals surface area contributed by atoms with Gasteiger partial charge in [0.25, 0.3) is 15.9 Å². The molecule has 5 N–H and O–H groups in total. The van der Waals surface area contributed by atoms with Gasteiger partial charge in [-0.1, -0.05) is 24.3 Å². The molecule has 0 aliphatic rings. The summed E-state index contributed by atoms with van der Waals surface area (Å²) in [4.78, 5) is 25.2. The van der Waals surface area contributed by atoms with Crippen molar-refractivity contribution in [2.75, 3.05) is 21.1 Å². The molecule has 37 heavy (non-hydrogen) atoms. The van der Waals surface area contributed by atoms with Crippen molar-refractivity contribution in [3.05, 3.63) is 114 Å². The van der Waals surface area contributed by atoms with Gasteiger partial charge in [0.2, 0.25) is 5.91 Å². The summed E-state index contributed by atoms with van der Waals surface area (Å²) in [6.45, 7) is 0. The van der Waals surface area contributed by atoms with E-state index in [-0.39, 0.29) is 16.9 Å². The monoisotopic (exact) mass is 518 g/mol. The molecule has 4 aromatic rings. The Morgan fingerprint density at radius 2 is 1.46 bits per heavy atom. The van der Waals surface area contributed by atoms with Crippen molar-refractivity contribution in [1.82, 2.24) is 0 Å². The SMILES string of the molecule is Nc1ccc(F)cc1CC(=O)Nc1cccc(C(=O)Nc2ccc(S(=O)(=O)Nc3ccccc3)cc2)c1. The maximum Gasteiger partial charge on any atom is 0.261 e. The van der Waals surface area contributed by atoms with Crippen molar-refractivity contribution >= 4 is 44.6 Å². The summed E-state index contributed by atoms with van der Waals surface area (Å²) in [5.74, 6) is -1.37. The van der Waals surface area contributed by atoms with Crippen LogP contribution in [0.25, 0.3) is 0 Å². The van der Waals surface area contributed by atoms with Crippen LogP contribution in [0.15, 0.2) is 102 Å². The quantitative estimate of drug-likeness (QED) is 0.253. The molecular formula is C27H23FN4O4S. The second-order valence-electron chi connectivity index (χ2n) is 8.10. The minimum atomic E-state index is -3.79. The molecule has 0 fully saturated rings. The van der Waals surface area contributed by atoms with Gasteiger partial charge in [-0.2, -0.15) is 0 Å². The van der Waals surface area contributed by atoms with Gasteiger partial charge < -0.3 is 16.4 Å². The first-order valence-corrected chi connectivity index (χ1v) is 12.6. The maximum atomic E-state index is 13.4. The maximum absolute atomic E-state index is 13.4. The number of halogens is 1. The molecule has 4 rings (SSSR count). The van der Waals surface area contributed by atoms with Gasteiger partial charge in [-0.15, -0.1) is 0 Å². The van der Waals surface area contributed by atoms with Gasteiger partial charge in [0, 0.05) is 28.3 Å². The second-order valence-corrected chi connectivity index (χ2v) is 9.78. The third-order valence-electron chi connectivity index (χ3n) is 5.31. The van der Waals surface area contributed by atoms with E-state index < -0.39 is 27.7 Å². The molecule has 0 saturated carbocycles. The lowest BCUT2D eigenvalue weighted by molar-refractivity contribution is -0.115. The fourth-order valence-corrected chi connectivity index (χ4v) is 4.54. The Kier molecular flexibility index (Phi) is 7.49. The molecular weight excluding hydrogens is 495 g/mol. The predicted octanol–water partition coefficient (Wildman–Crippen LogP) is 4.64. The Bertz CT molecular complexity index is 1540. The van der Waals surface area contributed by atoms with Crippen molar-refractivity contribution in [3.63, 3.8) is 0 Å². The molecule has 0 saturated heterocycles. The number of amides is 2. The lowest BCUT2D eigenvalue weighted by Crippen LogP contribution is -2.17. The van der Waals surface area contributed by atoms with Gasteiger partial charge in [-0.25, -0.2) is 12.8 Å². The van der Waals surface area contributed by atoms with E-state index in [0.717, 1.165) is 0 Å². The van der Waals surface area contributed by atoms with Crippen LogP contribution in [0.1, 0.15) is 15.9 Å². The zero-order valence-corrected chi connectivity index (χ0v) is 20.3. The number of hydrogen-bond acceptors (Lipinski definition) is 5. The number of nitrogen functional groups attached to an aromatic ring is 1. The molecule has 0 bridgehead atoms. The Hall–Kier alpha value is -4.70. The van der Waals surface area contributed by atoms with Crippen LogP contribution in [-0.4, -0.2) is 20.2 Å². The van der Waals surface area contributed by atoms with E-state index in [1.807, 2.05) is 0 Å². The lowest BCUT2D eigenvalue weighted by Gasteiger charge is -2.11. The van der Waals surface area contributed by atoms with Crippen molar-refractivity contribution in [3.8, 4) is 0 Å². The summed E-state index contributed by atoms with van der Waals surface area (Å²) in [7, 11) is -3.79. The van der Waals surface area contributed by atoms with Crippen LogP contribution in [0.3, 0.4) is 0 Å². The highest BCUT2D eigenvalue weighted by Crippen LogP contribution is 2.20. The lowest BCUT2D eigenvalue weighted by atomic mass is 10.1.